The summed E-state index contributed by atoms with van der Waals surface area (Å²) < 4.78 is 0.967. The zero-order chi connectivity index (χ0) is 15.4. The molecule has 0 radical (unpaired) electrons. The molecule has 0 amide bonds. The average Bonchev–Trinajstić information content (AvgIpc) is 2.93. The molecule has 2 rings (SSSR count). The summed E-state index contributed by atoms with van der Waals surface area (Å²) in [5.41, 5.74) is 8.86. The van der Waals surface area contributed by atoms with E-state index in [0.717, 1.165) is 15.9 Å². The SMILES string of the molecule is CCC(N)C(Sc1nnc(N(C)C)s1)c1cccc(C)c1. The number of nitrogens with zero attached hydrogens (tertiary/aromatic N) is 3. The largest absolute Gasteiger partial charge is 0.353 e. The Labute approximate surface area is 134 Å². The third-order valence-electron chi connectivity index (χ3n) is 3.24. The molecule has 2 N–H and O–H groups in total. The van der Waals surface area contributed by atoms with Crippen LogP contribution in [-0.4, -0.2) is 30.3 Å². The minimum absolute atomic E-state index is 0.100. The van der Waals surface area contributed by atoms with Crippen LogP contribution in [0.25, 0.3) is 0 Å². The van der Waals surface area contributed by atoms with Crippen LogP contribution in [0, 0.1) is 6.92 Å². The molecule has 0 saturated heterocycles. The molecule has 4 nitrogen and oxygen atoms in total. The lowest BCUT2D eigenvalue weighted by atomic mass is 10.0. The van der Waals surface area contributed by atoms with E-state index in [9.17, 15) is 0 Å². The predicted molar refractivity (Wildman–Crippen MR) is 92.3 cm³/mol. The molecule has 6 heteroatoms. The average molecular weight is 323 g/mol. The van der Waals surface area contributed by atoms with Crippen molar-refractivity contribution >= 4 is 28.2 Å². The van der Waals surface area contributed by atoms with Crippen molar-refractivity contribution in [3.63, 3.8) is 0 Å². The first-order valence-electron chi connectivity index (χ1n) is 7.01. The summed E-state index contributed by atoms with van der Waals surface area (Å²) in [5, 5.41) is 9.60. The van der Waals surface area contributed by atoms with Crippen LogP contribution in [0.5, 0.6) is 0 Å². The van der Waals surface area contributed by atoms with E-state index < -0.39 is 0 Å². The Bertz CT molecular complexity index is 583. The maximum Gasteiger partial charge on any atom is 0.208 e. The summed E-state index contributed by atoms with van der Waals surface area (Å²) in [7, 11) is 3.95. The maximum absolute atomic E-state index is 6.34. The Kier molecular flexibility index (Phi) is 5.61. The summed E-state index contributed by atoms with van der Waals surface area (Å²) >= 11 is 3.32. The Balaban J connectivity index is 2.24. The molecule has 2 aromatic rings. The van der Waals surface area contributed by atoms with Crippen molar-refractivity contribution < 1.29 is 0 Å². The number of hydrogen-bond acceptors (Lipinski definition) is 6. The van der Waals surface area contributed by atoms with Gasteiger partial charge in [-0.3, -0.25) is 0 Å². The minimum atomic E-state index is 0.100. The number of benzene rings is 1. The van der Waals surface area contributed by atoms with E-state index in [0.29, 0.717) is 0 Å². The molecule has 21 heavy (non-hydrogen) atoms. The van der Waals surface area contributed by atoms with Crippen LogP contribution in [0.15, 0.2) is 28.6 Å². The second kappa shape index (κ2) is 7.24. The topological polar surface area (TPSA) is 55.0 Å². The molecular formula is C15H22N4S2. The highest BCUT2D eigenvalue weighted by Gasteiger charge is 2.22. The van der Waals surface area contributed by atoms with Crippen molar-refractivity contribution in [2.24, 2.45) is 5.73 Å². The third kappa shape index (κ3) is 4.18. The molecule has 2 atom stereocenters. The number of rotatable bonds is 6. The molecule has 0 aliphatic heterocycles. The van der Waals surface area contributed by atoms with E-state index in [-0.39, 0.29) is 11.3 Å². The molecule has 0 spiro atoms. The van der Waals surface area contributed by atoms with Gasteiger partial charge in [-0.15, -0.1) is 10.2 Å². The van der Waals surface area contributed by atoms with E-state index in [1.54, 1.807) is 23.1 Å². The first-order chi connectivity index (χ1) is 10.0. The first-order valence-corrected chi connectivity index (χ1v) is 8.70. The lowest BCUT2D eigenvalue weighted by molar-refractivity contribution is 0.633. The van der Waals surface area contributed by atoms with Gasteiger partial charge in [-0.1, -0.05) is 59.9 Å². The van der Waals surface area contributed by atoms with Gasteiger partial charge in [0.1, 0.15) is 0 Å². The van der Waals surface area contributed by atoms with Gasteiger partial charge in [0.15, 0.2) is 4.34 Å². The molecule has 1 aromatic heterocycles. The first kappa shape index (κ1) is 16.3. The Morgan fingerprint density at radius 1 is 1.33 bits per heavy atom. The van der Waals surface area contributed by atoms with Gasteiger partial charge in [0, 0.05) is 20.1 Å². The Hall–Kier alpha value is -1.11. The fourth-order valence-electron chi connectivity index (χ4n) is 2.00. The lowest BCUT2D eigenvalue weighted by Crippen LogP contribution is -2.25. The van der Waals surface area contributed by atoms with Gasteiger partial charge in [0.2, 0.25) is 5.13 Å². The van der Waals surface area contributed by atoms with Crippen molar-refractivity contribution in [3.05, 3.63) is 35.4 Å². The molecule has 0 saturated carbocycles. The van der Waals surface area contributed by atoms with E-state index >= 15 is 0 Å². The van der Waals surface area contributed by atoms with E-state index in [4.69, 9.17) is 5.73 Å². The standard InChI is InChI=1S/C15H22N4S2/c1-5-12(16)13(11-8-6-7-10(2)9-11)20-15-18-17-14(21-15)19(3)4/h6-9,12-13H,5,16H2,1-4H3. The van der Waals surface area contributed by atoms with Crippen molar-refractivity contribution in [1.29, 1.82) is 0 Å². The summed E-state index contributed by atoms with van der Waals surface area (Å²) in [4.78, 5) is 1.98. The van der Waals surface area contributed by atoms with E-state index in [2.05, 4.69) is 48.3 Å². The van der Waals surface area contributed by atoms with Gasteiger partial charge in [-0.2, -0.15) is 0 Å². The lowest BCUT2D eigenvalue weighted by Gasteiger charge is -2.22. The van der Waals surface area contributed by atoms with Gasteiger partial charge in [-0.25, -0.2) is 0 Å². The molecule has 1 aromatic carbocycles. The summed E-state index contributed by atoms with van der Waals surface area (Å²) in [6.45, 7) is 4.23. The molecular weight excluding hydrogens is 300 g/mol. The fourth-order valence-corrected chi connectivity index (χ4v) is 4.19. The highest BCUT2D eigenvalue weighted by Crippen LogP contribution is 2.40. The summed E-state index contributed by atoms with van der Waals surface area (Å²) in [6.07, 6.45) is 0.935. The van der Waals surface area contributed by atoms with Gasteiger partial charge >= 0.3 is 0 Å². The summed E-state index contributed by atoms with van der Waals surface area (Å²) in [5.74, 6) is 0. The highest BCUT2D eigenvalue weighted by molar-refractivity contribution is 8.01. The molecule has 2 unspecified atom stereocenters. The van der Waals surface area contributed by atoms with Gasteiger partial charge in [0.25, 0.3) is 0 Å². The zero-order valence-electron chi connectivity index (χ0n) is 12.9. The quantitative estimate of drug-likeness (QED) is 0.825. The van der Waals surface area contributed by atoms with Gasteiger partial charge < -0.3 is 10.6 Å². The zero-order valence-corrected chi connectivity index (χ0v) is 14.5. The van der Waals surface area contributed by atoms with Crippen LogP contribution >= 0.6 is 23.1 Å². The van der Waals surface area contributed by atoms with Crippen LogP contribution in [0.3, 0.4) is 0 Å². The molecule has 1 heterocycles. The van der Waals surface area contributed by atoms with Crippen LogP contribution in [0.2, 0.25) is 0 Å². The number of aromatic nitrogens is 2. The highest BCUT2D eigenvalue weighted by atomic mass is 32.2. The van der Waals surface area contributed by atoms with Crippen molar-refractivity contribution in [2.75, 3.05) is 19.0 Å². The number of aryl methyl sites for hydroxylation is 1. The predicted octanol–water partition coefficient (Wildman–Crippen LogP) is 3.48. The molecule has 0 aliphatic carbocycles. The monoisotopic (exact) mass is 322 g/mol. The van der Waals surface area contributed by atoms with Gasteiger partial charge in [0.05, 0.1) is 5.25 Å². The second-order valence-corrected chi connectivity index (χ2v) is 7.61. The van der Waals surface area contributed by atoms with E-state index in [1.807, 2.05) is 19.0 Å². The fraction of sp³-hybridized carbons (Fsp3) is 0.467. The number of hydrogen-bond donors (Lipinski definition) is 1. The number of thioether (sulfide) groups is 1. The molecule has 114 valence electrons. The Morgan fingerprint density at radius 3 is 2.67 bits per heavy atom. The van der Waals surface area contributed by atoms with Gasteiger partial charge in [-0.05, 0) is 18.9 Å². The third-order valence-corrected chi connectivity index (χ3v) is 5.82. The number of nitrogens with two attached hydrogens (primary N) is 1. The van der Waals surface area contributed by atoms with Crippen LogP contribution in [0.4, 0.5) is 5.13 Å². The number of anilines is 1. The van der Waals surface area contributed by atoms with Crippen LogP contribution in [-0.2, 0) is 0 Å². The maximum atomic E-state index is 6.34. The van der Waals surface area contributed by atoms with Crippen LogP contribution in [0.1, 0.15) is 29.7 Å². The van der Waals surface area contributed by atoms with Crippen molar-refractivity contribution in [1.82, 2.24) is 10.2 Å². The summed E-state index contributed by atoms with van der Waals surface area (Å²) in [6, 6.07) is 8.65. The van der Waals surface area contributed by atoms with Crippen molar-refractivity contribution in [3.8, 4) is 0 Å². The Morgan fingerprint density at radius 2 is 2.10 bits per heavy atom. The molecule has 0 fully saturated rings. The molecule has 0 aliphatic rings. The molecule has 0 bridgehead atoms. The van der Waals surface area contributed by atoms with Crippen molar-refractivity contribution in [2.45, 2.75) is 35.9 Å². The van der Waals surface area contributed by atoms with E-state index in [1.165, 1.54) is 11.1 Å². The second-order valence-electron chi connectivity index (χ2n) is 5.27. The van der Waals surface area contributed by atoms with Crippen LogP contribution < -0.4 is 10.6 Å². The minimum Gasteiger partial charge on any atom is -0.353 e. The normalized spacial score (nSPS) is 14.0. The smallest absolute Gasteiger partial charge is 0.208 e.